The lowest BCUT2D eigenvalue weighted by atomic mass is 9.98. The van der Waals surface area contributed by atoms with Crippen molar-refractivity contribution in [1.29, 1.82) is 0 Å². The third-order valence-corrected chi connectivity index (χ3v) is 6.44. The molecule has 2 N–H and O–H groups in total. The minimum Gasteiger partial charge on any atom is -0.391 e. The predicted molar refractivity (Wildman–Crippen MR) is 109 cm³/mol. The molecule has 7 heteroatoms. The molecule has 2 aromatic carbocycles. The summed E-state index contributed by atoms with van der Waals surface area (Å²) in [5.41, 5.74) is 3.88. The number of nitrogens with zero attached hydrogens (tertiary/aromatic N) is 1. The molecule has 0 aromatic heterocycles. The van der Waals surface area contributed by atoms with E-state index in [1.807, 2.05) is 32.0 Å². The summed E-state index contributed by atoms with van der Waals surface area (Å²) in [4.78, 5) is 14.8. The number of rotatable bonds is 5. The first kappa shape index (κ1) is 20.5. The van der Waals surface area contributed by atoms with Gasteiger partial charge in [0.05, 0.1) is 11.0 Å². The van der Waals surface area contributed by atoms with Gasteiger partial charge in [-0.1, -0.05) is 35.4 Å². The summed E-state index contributed by atoms with van der Waals surface area (Å²) < 4.78 is 27.9. The Morgan fingerprint density at radius 2 is 1.75 bits per heavy atom. The average molecular weight is 403 g/mol. The largest absolute Gasteiger partial charge is 0.391 e. The van der Waals surface area contributed by atoms with E-state index in [1.165, 1.54) is 19.1 Å². The fraction of sp³-hybridized carbons (Fsp3) is 0.381. The number of nitrogens with one attached hydrogen (secondary N) is 1. The summed E-state index contributed by atoms with van der Waals surface area (Å²) in [6.45, 7) is 5.77. The van der Waals surface area contributed by atoms with Gasteiger partial charge in [-0.15, -0.1) is 0 Å². The molecule has 0 fully saturated rings. The highest BCUT2D eigenvalue weighted by Crippen LogP contribution is 2.29. The van der Waals surface area contributed by atoms with E-state index in [0.29, 0.717) is 6.54 Å². The van der Waals surface area contributed by atoms with Gasteiger partial charge in [0.25, 0.3) is 0 Å². The number of carbonyl (C=O) groups is 1. The van der Waals surface area contributed by atoms with Crippen molar-refractivity contribution in [2.24, 2.45) is 0 Å². The van der Waals surface area contributed by atoms with Gasteiger partial charge < -0.3 is 10.0 Å². The van der Waals surface area contributed by atoms with Crippen LogP contribution in [-0.4, -0.2) is 38.1 Å². The highest BCUT2D eigenvalue weighted by molar-refractivity contribution is 7.89. The van der Waals surface area contributed by atoms with E-state index in [-0.39, 0.29) is 4.90 Å². The van der Waals surface area contributed by atoms with Crippen LogP contribution in [0.4, 0.5) is 5.69 Å². The topological polar surface area (TPSA) is 86.7 Å². The molecule has 0 saturated carbocycles. The molecule has 0 bridgehead atoms. The highest BCUT2D eigenvalue weighted by Gasteiger charge is 2.35. The van der Waals surface area contributed by atoms with Crippen molar-refractivity contribution in [2.75, 3.05) is 11.4 Å². The van der Waals surface area contributed by atoms with Crippen molar-refractivity contribution in [3.05, 3.63) is 59.2 Å². The van der Waals surface area contributed by atoms with Crippen LogP contribution in [0.1, 0.15) is 30.0 Å². The van der Waals surface area contributed by atoms with Gasteiger partial charge in [0.1, 0.15) is 6.04 Å². The van der Waals surface area contributed by atoms with Gasteiger partial charge in [-0.2, -0.15) is 4.72 Å². The van der Waals surface area contributed by atoms with Crippen molar-refractivity contribution < 1.29 is 18.3 Å². The van der Waals surface area contributed by atoms with Gasteiger partial charge >= 0.3 is 0 Å². The van der Waals surface area contributed by atoms with Crippen LogP contribution < -0.4 is 9.62 Å². The molecular formula is C21H26N2O4S. The van der Waals surface area contributed by atoms with E-state index in [0.717, 1.165) is 35.2 Å². The Morgan fingerprint density at radius 3 is 2.39 bits per heavy atom. The highest BCUT2D eigenvalue weighted by atomic mass is 32.2. The van der Waals surface area contributed by atoms with E-state index >= 15 is 0 Å². The molecule has 0 spiro atoms. The summed E-state index contributed by atoms with van der Waals surface area (Å²) in [6.07, 6.45) is 0.484. The maximum atomic E-state index is 13.2. The molecule has 0 saturated heterocycles. The minimum atomic E-state index is -3.95. The number of aliphatic hydroxyl groups excluding tert-OH is 1. The van der Waals surface area contributed by atoms with Gasteiger partial charge in [0.2, 0.25) is 15.9 Å². The molecule has 3 rings (SSSR count). The van der Waals surface area contributed by atoms with Gasteiger partial charge in [-0.05, 0) is 57.4 Å². The van der Waals surface area contributed by atoms with Crippen LogP contribution in [0, 0.1) is 13.8 Å². The molecule has 1 amide bonds. The molecular weight excluding hydrogens is 376 g/mol. The van der Waals surface area contributed by atoms with Crippen molar-refractivity contribution >= 4 is 21.6 Å². The monoisotopic (exact) mass is 402 g/mol. The number of hydrogen-bond acceptors (Lipinski definition) is 4. The second kappa shape index (κ2) is 8.03. The van der Waals surface area contributed by atoms with Gasteiger partial charge in [0.15, 0.2) is 0 Å². The second-order valence-corrected chi connectivity index (χ2v) is 9.09. The zero-order chi connectivity index (χ0) is 20.5. The molecule has 2 atom stereocenters. The maximum absolute atomic E-state index is 13.2. The summed E-state index contributed by atoms with van der Waals surface area (Å²) >= 11 is 0. The Bertz CT molecular complexity index is 968. The summed E-state index contributed by atoms with van der Waals surface area (Å²) in [5.74, 6) is -0.449. The van der Waals surface area contributed by atoms with E-state index in [2.05, 4.69) is 4.72 Å². The summed E-state index contributed by atoms with van der Waals surface area (Å²) in [5, 5.41) is 10.2. The Balaban J connectivity index is 1.89. The molecule has 1 aliphatic heterocycles. The number of anilines is 1. The van der Waals surface area contributed by atoms with Gasteiger partial charge in [-0.25, -0.2) is 8.42 Å². The van der Waals surface area contributed by atoms with Crippen molar-refractivity contribution in [1.82, 2.24) is 4.72 Å². The van der Waals surface area contributed by atoms with Crippen LogP contribution in [0.15, 0.2) is 47.4 Å². The number of amides is 1. The summed E-state index contributed by atoms with van der Waals surface area (Å²) in [7, 11) is -3.95. The van der Waals surface area contributed by atoms with E-state index in [9.17, 15) is 18.3 Å². The summed E-state index contributed by atoms with van der Waals surface area (Å²) in [6, 6.07) is 10.9. The molecule has 1 heterocycles. The molecule has 1 aliphatic rings. The molecule has 150 valence electrons. The quantitative estimate of drug-likeness (QED) is 0.804. The zero-order valence-corrected chi connectivity index (χ0v) is 17.2. The number of carbonyl (C=O) groups excluding carboxylic acids is 1. The Labute approximate surface area is 166 Å². The normalized spacial score (nSPS) is 16.4. The van der Waals surface area contributed by atoms with Crippen molar-refractivity contribution in [2.45, 2.75) is 50.7 Å². The van der Waals surface area contributed by atoms with Gasteiger partial charge in [-0.3, -0.25) is 4.79 Å². The first-order chi connectivity index (χ1) is 13.2. The first-order valence-electron chi connectivity index (χ1n) is 9.37. The smallest absolute Gasteiger partial charge is 0.247 e. The van der Waals surface area contributed by atoms with Crippen LogP contribution in [-0.2, 0) is 21.2 Å². The standard InChI is InChI=1S/C21H26N2O4S/c1-14-6-9-18(10-7-14)28(26,27)22-20(16(3)24)21(25)23-12-4-5-17-13-15(2)8-11-19(17)23/h6-11,13,16,20,22,24H,4-5,12H2,1-3H3. The third kappa shape index (κ3) is 4.27. The number of benzene rings is 2. The lowest BCUT2D eigenvalue weighted by molar-refractivity contribution is -0.122. The SMILES string of the molecule is Cc1ccc(S(=O)(=O)NC(C(=O)N2CCCc3cc(C)ccc32)C(C)O)cc1. The minimum absolute atomic E-state index is 0.0613. The third-order valence-electron chi connectivity index (χ3n) is 4.98. The van der Waals surface area contributed by atoms with Crippen LogP contribution >= 0.6 is 0 Å². The van der Waals surface area contributed by atoms with E-state index in [4.69, 9.17) is 0 Å². The molecule has 0 radical (unpaired) electrons. The first-order valence-corrected chi connectivity index (χ1v) is 10.9. The van der Waals surface area contributed by atoms with Crippen LogP contribution in [0.2, 0.25) is 0 Å². The number of aliphatic hydroxyl groups is 1. The van der Waals surface area contributed by atoms with Crippen molar-refractivity contribution in [3.8, 4) is 0 Å². The Kier molecular flexibility index (Phi) is 5.88. The number of hydrogen-bond donors (Lipinski definition) is 2. The van der Waals surface area contributed by atoms with Crippen LogP contribution in [0.25, 0.3) is 0 Å². The number of fused-ring (bicyclic) bond motifs is 1. The lowest BCUT2D eigenvalue weighted by Gasteiger charge is -2.33. The average Bonchev–Trinajstić information content (AvgIpc) is 2.65. The molecule has 0 aliphatic carbocycles. The Hall–Kier alpha value is -2.22. The number of aryl methyl sites for hydroxylation is 3. The molecule has 2 unspecified atom stereocenters. The maximum Gasteiger partial charge on any atom is 0.247 e. The lowest BCUT2D eigenvalue weighted by Crippen LogP contribution is -2.54. The van der Waals surface area contributed by atoms with E-state index in [1.54, 1.807) is 17.0 Å². The molecule has 6 nitrogen and oxygen atoms in total. The second-order valence-electron chi connectivity index (χ2n) is 7.38. The Morgan fingerprint density at radius 1 is 1.11 bits per heavy atom. The molecule has 2 aromatic rings. The fourth-order valence-corrected chi connectivity index (χ4v) is 4.69. The van der Waals surface area contributed by atoms with Crippen molar-refractivity contribution in [3.63, 3.8) is 0 Å². The van der Waals surface area contributed by atoms with E-state index < -0.39 is 28.1 Å². The molecule has 28 heavy (non-hydrogen) atoms. The zero-order valence-electron chi connectivity index (χ0n) is 16.3. The van der Waals surface area contributed by atoms with Gasteiger partial charge in [0, 0.05) is 12.2 Å². The van der Waals surface area contributed by atoms with Crippen LogP contribution in [0.3, 0.4) is 0 Å². The fourth-order valence-electron chi connectivity index (χ4n) is 3.43. The predicted octanol–water partition coefficient (Wildman–Crippen LogP) is 2.31. The van der Waals surface area contributed by atoms with Crippen LogP contribution in [0.5, 0.6) is 0 Å². The number of sulfonamides is 1.